The molecular weight excluding hydrogens is 196 g/mol. The second-order valence-corrected chi connectivity index (χ2v) is 3.92. The minimum atomic E-state index is -0.568. The molecule has 1 fully saturated rings. The number of carbonyl (C=O) groups is 1. The molecule has 1 aliphatic rings. The van der Waals surface area contributed by atoms with Gasteiger partial charge in [-0.25, -0.2) is 0 Å². The topological polar surface area (TPSA) is 64.8 Å². The summed E-state index contributed by atoms with van der Waals surface area (Å²) in [7, 11) is 3.28. The minimum absolute atomic E-state index is 0.0904. The molecule has 88 valence electrons. The van der Waals surface area contributed by atoms with Gasteiger partial charge >= 0.3 is 0 Å². The van der Waals surface area contributed by atoms with E-state index in [4.69, 9.17) is 15.2 Å². The molecule has 1 heterocycles. The zero-order chi connectivity index (χ0) is 11.3. The van der Waals surface area contributed by atoms with Crippen LogP contribution in [-0.4, -0.2) is 56.9 Å². The van der Waals surface area contributed by atoms with Gasteiger partial charge in [0.25, 0.3) is 0 Å². The number of hydrogen-bond acceptors (Lipinski definition) is 4. The smallest absolute Gasteiger partial charge is 0.241 e. The molecule has 1 saturated heterocycles. The summed E-state index contributed by atoms with van der Waals surface area (Å²) in [5, 5.41) is 0. The Kier molecular flexibility index (Phi) is 5.01. The molecule has 2 N–H and O–H groups in total. The van der Waals surface area contributed by atoms with E-state index in [0.29, 0.717) is 6.54 Å². The standard InChI is InChI=1S/C10H20N2O3/c1-12(6-8-4-3-5-15-8)10(13)9(11)7-14-2/h8-9H,3-7,11H2,1-2H3. The summed E-state index contributed by atoms with van der Waals surface area (Å²) in [6.07, 6.45) is 2.28. The zero-order valence-electron chi connectivity index (χ0n) is 9.44. The zero-order valence-corrected chi connectivity index (χ0v) is 9.44. The van der Waals surface area contributed by atoms with Gasteiger partial charge in [0.2, 0.25) is 5.91 Å². The number of methoxy groups -OCH3 is 1. The van der Waals surface area contributed by atoms with Crippen LogP contribution in [0.1, 0.15) is 12.8 Å². The van der Waals surface area contributed by atoms with Gasteiger partial charge in [-0.15, -0.1) is 0 Å². The molecule has 0 aromatic carbocycles. The number of nitrogens with zero attached hydrogens (tertiary/aromatic N) is 1. The molecule has 0 radical (unpaired) electrons. The number of hydrogen-bond donors (Lipinski definition) is 1. The lowest BCUT2D eigenvalue weighted by molar-refractivity contribution is -0.133. The Hall–Kier alpha value is -0.650. The summed E-state index contributed by atoms with van der Waals surface area (Å²) in [4.78, 5) is 13.3. The average molecular weight is 216 g/mol. The molecule has 5 heteroatoms. The predicted molar refractivity (Wildman–Crippen MR) is 56.5 cm³/mol. The highest BCUT2D eigenvalue weighted by atomic mass is 16.5. The van der Waals surface area contributed by atoms with Crippen LogP contribution in [0.2, 0.25) is 0 Å². The predicted octanol–water partition coefficient (Wildman–Crippen LogP) is -0.402. The summed E-state index contributed by atoms with van der Waals surface area (Å²) < 4.78 is 10.3. The van der Waals surface area contributed by atoms with Gasteiger partial charge in [-0.3, -0.25) is 4.79 Å². The first-order valence-corrected chi connectivity index (χ1v) is 5.26. The third-order valence-electron chi connectivity index (χ3n) is 2.54. The minimum Gasteiger partial charge on any atom is -0.383 e. The number of carbonyl (C=O) groups excluding carboxylic acids is 1. The summed E-state index contributed by atoms with van der Waals surface area (Å²) in [5.41, 5.74) is 5.65. The molecule has 1 aliphatic heterocycles. The van der Waals surface area contributed by atoms with E-state index < -0.39 is 6.04 Å². The Morgan fingerprint density at radius 2 is 2.47 bits per heavy atom. The Morgan fingerprint density at radius 1 is 1.73 bits per heavy atom. The molecule has 15 heavy (non-hydrogen) atoms. The molecule has 0 bridgehead atoms. The van der Waals surface area contributed by atoms with Crippen LogP contribution in [-0.2, 0) is 14.3 Å². The fourth-order valence-electron chi connectivity index (χ4n) is 1.72. The normalized spacial score (nSPS) is 22.7. The van der Waals surface area contributed by atoms with Crippen LogP contribution in [0.3, 0.4) is 0 Å². The summed E-state index contributed by atoms with van der Waals surface area (Å²) in [5.74, 6) is -0.0904. The maximum atomic E-state index is 11.7. The van der Waals surface area contributed by atoms with E-state index in [9.17, 15) is 4.79 Å². The van der Waals surface area contributed by atoms with Crippen LogP contribution >= 0.6 is 0 Å². The highest BCUT2D eigenvalue weighted by molar-refractivity contribution is 5.81. The van der Waals surface area contributed by atoms with Crippen LogP contribution in [0.25, 0.3) is 0 Å². The third kappa shape index (κ3) is 3.77. The molecule has 1 amide bonds. The first kappa shape index (κ1) is 12.4. The van der Waals surface area contributed by atoms with Gasteiger partial charge in [-0.05, 0) is 12.8 Å². The van der Waals surface area contributed by atoms with E-state index in [0.717, 1.165) is 19.4 Å². The molecule has 5 nitrogen and oxygen atoms in total. The van der Waals surface area contributed by atoms with Gasteiger partial charge in [-0.1, -0.05) is 0 Å². The van der Waals surface area contributed by atoms with Crippen molar-refractivity contribution < 1.29 is 14.3 Å². The highest BCUT2D eigenvalue weighted by Crippen LogP contribution is 2.12. The number of rotatable bonds is 5. The number of likely N-dealkylation sites (N-methyl/N-ethyl adjacent to an activating group) is 1. The van der Waals surface area contributed by atoms with Crippen molar-refractivity contribution in [3.8, 4) is 0 Å². The third-order valence-corrected chi connectivity index (χ3v) is 2.54. The van der Waals surface area contributed by atoms with Crippen molar-refractivity contribution >= 4 is 5.91 Å². The van der Waals surface area contributed by atoms with Gasteiger partial charge in [0.15, 0.2) is 0 Å². The lowest BCUT2D eigenvalue weighted by atomic mass is 10.2. The fraction of sp³-hybridized carbons (Fsp3) is 0.900. The van der Waals surface area contributed by atoms with Crippen molar-refractivity contribution in [1.29, 1.82) is 0 Å². The van der Waals surface area contributed by atoms with Crippen molar-refractivity contribution in [3.05, 3.63) is 0 Å². The van der Waals surface area contributed by atoms with Gasteiger partial charge in [0.1, 0.15) is 6.04 Å². The summed E-state index contributed by atoms with van der Waals surface area (Å²) in [6.45, 7) is 1.68. The first-order chi connectivity index (χ1) is 7.15. The molecule has 2 unspecified atom stereocenters. The van der Waals surface area contributed by atoms with Gasteiger partial charge < -0.3 is 20.1 Å². The molecule has 0 spiro atoms. The Morgan fingerprint density at radius 3 is 3.00 bits per heavy atom. The van der Waals surface area contributed by atoms with Crippen molar-refractivity contribution in [3.63, 3.8) is 0 Å². The maximum Gasteiger partial charge on any atom is 0.241 e. The van der Waals surface area contributed by atoms with E-state index in [1.807, 2.05) is 0 Å². The molecule has 0 aromatic heterocycles. The first-order valence-electron chi connectivity index (χ1n) is 5.26. The van der Waals surface area contributed by atoms with Crippen molar-refractivity contribution in [1.82, 2.24) is 4.90 Å². The fourth-order valence-corrected chi connectivity index (χ4v) is 1.72. The van der Waals surface area contributed by atoms with E-state index in [-0.39, 0.29) is 18.6 Å². The van der Waals surface area contributed by atoms with Crippen LogP contribution in [0.5, 0.6) is 0 Å². The summed E-state index contributed by atoms with van der Waals surface area (Å²) >= 11 is 0. The Bertz CT molecular complexity index is 205. The number of nitrogens with two attached hydrogens (primary N) is 1. The van der Waals surface area contributed by atoms with Gasteiger partial charge in [-0.2, -0.15) is 0 Å². The monoisotopic (exact) mass is 216 g/mol. The van der Waals surface area contributed by atoms with Crippen molar-refractivity contribution in [2.75, 3.05) is 33.9 Å². The molecule has 2 atom stereocenters. The lowest BCUT2D eigenvalue weighted by Gasteiger charge is -2.23. The van der Waals surface area contributed by atoms with E-state index >= 15 is 0 Å². The SMILES string of the molecule is COCC(N)C(=O)N(C)CC1CCCO1. The molecule has 0 aliphatic carbocycles. The Labute approximate surface area is 90.5 Å². The van der Waals surface area contributed by atoms with Crippen LogP contribution in [0.4, 0.5) is 0 Å². The van der Waals surface area contributed by atoms with Crippen LogP contribution in [0, 0.1) is 0 Å². The van der Waals surface area contributed by atoms with Crippen LogP contribution < -0.4 is 5.73 Å². The second kappa shape index (κ2) is 6.05. The van der Waals surface area contributed by atoms with E-state index in [2.05, 4.69) is 0 Å². The molecule has 1 rings (SSSR count). The Balaban J connectivity index is 2.31. The van der Waals surface area contributed by atoms with Gasteiger partial charge in [0.05, 0.1) is 12.7 Å². The van der Waals surface area contributed by atoms with E-state index in [1.165, 1.54) is 7.11 Å². The average Bonchev–Trinajstić information content (AvgIpc) is 2.69. The molecule has 0 saturated carbocycles. The van der Waals surface area contributed by atoms with E-state index in [1.54, 1.807) is 11.9 Å². The number of amides is 1. The molecule has 0 aromatic rings. The molecular formula is C10H20N2O3. The quantitative estimate of drug-likeness (QED) is 0.679. The number of ether oxygens (including phenoxy) is 2. The highest BCUT2D eigenvalue weighted by Gasteiger charge is 2.23. The second-order valence-electron chi connectivity index (χ2n) is 3.92. The maximum absolute atomic E-state index is 11.7. The van der Waals surface area contributed by atoms with Crippen molar-refractivity contribution in [2.24, 2.45) is 5.73 Å². The summed E-state index contributed by atoms with van der Waals surface area (Å²) in [6, 6.07) is -0.568. The van der Waals surface area contributed by atoms with Gasteiger partial charge in [0, 0.05) is 27.3 Å². The van der Waals surface area contributed by atoms with Crippen LogP contribution in [0.15, 0.2) is 0 Å². The lowest BCUT2D eigenvalue weighted by Crippen LogP contribution is -2.46. The largest absolute Gasteiger partial charge is 0.383 e. The van der Waals surface area contributed by atoms with Crippen molar-refractivity contribution in [2.45, 2.75) is 25.0 Å².